The molecule has 0 spiro atoms. The molecule has 0 aromatic heterocycles. The molecule has 0 bridgehead atoms. The van der Waals surface area contributed by atoms with Crippen LogP contribution in [0.4, 0.5) is 0 Å². The molecule has 152 valence electrons. The van der Waals surface area contributed by atoms with Crippen molar-refractivity contribution >= 4 is 11.9 Å². The van der Waals surface area contributed by atoms with Crippen LogP contribution in [0.25, 0.3) is 0 Å². The van der Waals surface area contributed by atoms with Crippen molar-refractivity contribution in [2.45, 2.75) is 26.7 Å². The quantitative estimate of drug-likeness (QED) is 0.706. The van der Waals surface area contributed by atoms with Gasteiger partial charge in [-0.15, -0.1) is 0 Å². The van der Waals surface area contributed by atoms with Gasteiger partial charge in [0.25, 0.3) is 0 Å². The molecule has 0 radical (unpaired) electrons. The number of carbonyl (C=O) groups is 2. The maximum atomic E-state index is 12.7. The summed E-state index contributed by atoms with van der Waals surface area (Å²) < 4.78 is 26.5. The SMILES string of the molecule is CCOC(=O)C1=C(C)OC(N)=C(C(=O)OCC)[C@H]1c1ccc(OC)cc1OC. The average Bonchev–Trinajstić information content (AvgIpc) is 2.67. The second-order valence-electron chi connectivity index (χ2n) is 5.83. The minimum absolute atomic E-state index is 0.0129. The first-order valence-electron chi connectivity index (χ1n) is 8.83. The van der Waals surface area contributed by atoms with Crippen LogP contribution < -0.4 is 15.2 Å². The molecule has 1 aliphatic heterocycles. The number of esters is 2. The van der Waals surface area contributed by atoms with Crippen molar-refractivity contribution in [3.05, 3.63) is 46.6 Å². The predicted molar refractivity (Wildman–Crippen MR) is 101 cm³/mol. The number of carbonyl (C=O) groups excluding carboxylic acids is 2. The minimum Gasteiger partial charge on any atom is -0.497 e. The van der Waals surface area contributed by atoms with E-state index in [1.165, 1.54) is 14.2 Å². The molecule has 0 aliphatic carbocycles. The van der Waals surface area contributed by atoms with Crippen molar-refractivity contribution in [1.29, 1.82) is 0 Å². The van der Waals surface area contributed by atoms with E-state index in [2.05, 4.69) is 0 Å². The van der Waals surface area contributed by atoms with E-state index in [9.17, 15) is 9.59 Å². The molecule has 8 nitrogen and oxygen atoms in total. The van der Waals surface area contributed by atoms with Gasteiger partial charge in [-0.2, -0.15) is 0 Å². The van der Waals surface area contributed by atoms with Gasteiger partial charge in [0.15, 0.2) is 0 Å². The number of ether oxygens (including phenoxy) is 5. The third-order valence-corrected chi connectivity index (χ3v) is 4.23. The van der Waals surface area contributed by atoms with Crippen molar-refractivity contribution in [3.8, 4) is 11.5 Å². The van der Waals surface area contributed by atoms with Gasteiger partial charge >= 0.3 is 11.9 Å². The first-order chi connectivity index (χ1) is 13.4. The summed E-state index contributed by atoms with van der Waals surface area (Å²) in [6.45, 7) is 5.26. The second kappa shape index (κ2) is 9.16. The normalized spacial score (nSPS) is 16.4. The van der Waals surface area contributed by atoms with E-state index in [1.54, 1.807) is 39.0 Å². The monoisotopic (exact) mass is 391 g/mol. The van der Waals surface area contributed by atoms with Crippen LogP contribution in [-0.2, 0) is 23.8 Å². The van der Waals surface area contributed by atoms with E-state index in [0.717, 1.165) is 0 Å². The van der Waals surface area contributed by atoms with Gasteiger partial charge in [0.1, 0.15) is 22.8 Å². The Balaban J connectivity index is 2.73. The number of benzene rings is 1. The number of methoxy groups -OCH3 is 2. The highest BCUT2D eigenvalue weighted by Gasteiger charge is 2.41. The van der Waals surface area contributed by atoms with Crippen LogP contribution in [0.15, 0.2) is 41.0 Å². The highest BCUT2D eigenvalue weighted by Crippen LogP contribution is 2.44. The second-order valence-corrected chi connectivity index (χ2v) is 5.83. The van der Waals surface area contributed by atoms with Gasteiger partial charge in [-0.05, 0) is 26.8 Å². The maximum Gasteiger partial charge on any atom is 0.340 e. The Hall–Kier alpha value is -3.16. The molecule has 1 atom stereocenters. The first-order valence-corrected chi connectivity index (χ1v) is 8.83. The topological polar surface area (TPSA) is 106 Å². The number of hydrogen-bond donors (Lipinski definition) is 1. The smallest absolute Gasteiger partial charge is 0.340 e. The van der Waals surface area contributed by atoms with E-state index in [-0.39, 0.29) is 36.0 Å². The van der Waals surface area contributed by atoms with E-state index in [1.807, 2.05) is 0 Å². The van der Waals surface area contributed by atoms with Crippen molar-refractivity contribution < 1.29 is 33.3 Å². The third-order valence-electron chi connectivity index (χ3n) is 4.23. The molecule has 1 aliphatic rings. The molecular weight excluding hydrogens is 366 g/mol. The van der Waals surface area contributed by atoms with Crippen LogP contribution in [0.1, 0.15) is 32.3 Å². The Morgan fingerprint density at radius 3 is 2.18 bits per heavy atom. The number of rotatable bonds is 7. The van der Waals surface area contributed by atoms with E-state index >= 15 is 0 Å². The molecule has 0 saturated heterocycles. The lowest BCUT2D eigenvalue weighted by molar-refractivity contribution is -0.140. The molecular formula is C20H25NO7. The van der Waals surface area contributed by atoms with Crippen LogP contribution in [0.3, 0.4) is 0 Å². The van der Waals surface area contributed by atoms with Gasteiger partial charge in [0, 0.05) is 11.6 Å². The Morgan fingerprint density at radius 1 is 1.04 bits per heavy atom. The summed E-state index contributed by atoms with van der Waals surface area (Å²) in [6, 6.07) is 5.05. The van der Waals surface area contributed by atoms with Gasteiger partial charge in [-0.3, -0.25) is 0 Å². The Labute approximate surface area is 163 Å². The largest absolute Gasteiger partial charge is 0.497 e. The van der Waals surface area contributed by atoms with Crippen LogP contribution in [0.5, 0.6) is 11.5 Å². The summed E-state index contributed by atoms with van der Waals surface area (Å²) in [4.78, 5) is 25.4. The van der Waals surface area contributed by atoms with Gasteiger partial charge < -0.3 is 29.4 Å². The van der Waals surface area contributed by atoms with Crippen molar-refractivity contribution in [2.75, 3.05) is 27.4 Å². The zero-order chi connectivity index (χ0) is 20.8. The fraction of sp³-hybridized carbons (Fsp3) is 0.400. The highest BCUT2D eigenvalue weighted by atomic mass is 16.5. The Bertz CT molecular complexity index is 786. The van der Waals surface area contributed by atoms with Crippen LogP contribution in [0, 0.1) is 0 Å². The van der Waals surface area contributed by atoms with Crippen molar-refractivity contribution in [2.24, 2.45) is 5.73 Å². The fourth-order valence-corrected chi connectivity index (χ4v) is 3.03. The van der Waals surface area contributed by atoms with Crippen molar-refractivity contribution in [1.82, 2.24) is 0 Å². The average molecular weight is 391 g/mol. The van der Waals surface area contributed by atoms with Gasteiger partial charge in [0.2, 0.25) is 5.88 Å². The van der Waals surface area contributed by atoms with Crippen LogP contribution in [-0.4, -0.2) is 39.4 Å². The summed E-state index contributed by atoms with van der Waals surface area (Å²) in [5.74, 6) is -1.10. The highest BCUT2D eigenvalue weighted by molar-refractivity contribution is 5.99. The molecule has 0 amide bonds. The standard InChI is InChI=1S/C20H25NO7/c1-6-26-19(22)15-11(3)28-18(21)17(20(23)27-7-2)16(15)13-9-8-12(24-4)10-14(13)25-5/h8-10,16H,6-7,21H2,1-5H3/t16-/m0/s1. The first kappa shape index (κ1) is 21.1. The van der Waals surface area contributed by atoms with Gasteiger partial charge in [-0.25, -0.2) is 9.59 Å². The molecule has 0 fully saturated rings. The molecule has 0 saturated carbocycles. The Kier molecular flexibility index (Phi) is 6.92. The number of nitrogens with two attached hydrogens (primary N) is 1. The molecule has 1 aromatic rings. The lowest BCUT2D eigenvalue weighted by Crippen LogP contribution is -2.30. The maximum absolute atomic E-state index is 12.7. The lowest BCUT2D eigenvalue weighted by atomic mass is 9.82. The van der Waals surface area contributed by atoms with Gasteiger partial charge in [0.05, 0.1) is 38.9 Å². The number of hydrogen-bond acceptors (Lipinski definition) is 8. The van der Waals surface area contributed by atoms with Crippen LogP contribution in [0.2, 0.25) is 0 Å². The predicted octanol–water partition coefficient (Wildman–Crippen LogP) is 2.39. The zero-order valence-corrected chi connectivity index (χ0v) is 16.7. The molecule has 2 rings (SSSR count). The summed E-state index contributed by atoms with van der Waals surface area (Å²) >= 11 is 0. The third kappa shape index (κ3) is 4.05. The molecule has 8 heteroatoms. The summed E-state index contributed by atoms with van der Waals surface area (Å²) in [7, 11) is 3.01. The van der Waals surface area contributed by atoms with Crippen LogP contribution >= 0.6 is 0 Å². The fourth-order valence-electron chi connectivity index (χ4n) is 3.03. The minimum atomic E-state index is -0.882. The molecule has 2 N–H and O–H groups in total. The zero-order valence-electron chi connectivity index (χ0n) is 16.7. The lowest BCUT2D eigenvalue weighted by Gasteiger charge is -2.29. The van der Waals surface area contributed by atoms with Crippen molar-refractivity contribution in [3.63, 3.8) is 0 Å². The molecule has 28 heavy (non-hydrogen) atoms. The van der Waals surface area contributed by atoms with Gasteiger partial charge in [-0.1, -0.05) is 6.07 Å². The number of allylic oxidation sites excluding steroid dienone is 1. The molecule has 1 heterocycles. The summed E-state index contributed by atoms with van der Waals surface area (Å²) in [5.41, 5.74) is 6.71. The van der Waals surface area contributed by atoms with E-state index in [4.69, 9.17) is 29.4 Å². The molecule has 0 unspecified atom stereocenters. The van der Waals surface area contributed by atoms with E-state index in [0.29, 0.717) is 17.1 Å². The summed E-state index contributed by atoms with van der Waals surface area (Å²) in [6.07, 6.45) is 0. The summed E-state index contributed by atoms with van der Waals surface area (Å²) in [5, 5.41) is 0. The molecule has 1 aromatic carbocycles. The van der Waals surface area contributed by atoms with E-state index < -0.39 is 17.9 Å². The Morgan fingerprint density at radius 2 is 1.64 bits per heavy atom.